The molecule has 0 bridgehead atoms. The van der Waals surface area contributed by atoms with Crippen molar-refractivity contribution in [3.8, 4) is 0 Å². The predicted molar refractivity (Wildman–Crippen MR) is 92.6 cm³/mol. The molecule has 1 aromatic rings. The Kier molecular flexibility index (Phi) is 9.48. The van der Waals surface area contributed by atoms with Crippen molar-refractivity contribution >= 4 is 18.9 Å². The standard InChI is InChI=1S/C17H28NOP.Y/c1-7-10-15(20(5,6)8-2)17(19)18-16-13(3)11-9-12-14(16)4;/h9,11-12,15H,7-8,10H2,1-6H3;/p+1. The number of anilines is 1. The molecule has 0 aliphatic rings. The van der Waals surface area contributed by atoms with Crippen molar-refractivity contribution in [1.82, 2.24) is 0 Å². The Morgan fingerprint density at radius 2 is 1.71 bits per heavy atom. The number of nitrogens with one attached hydrogen (secondary N) is 1. The molecule has 0 fully saturated rings. The minimum absolute atomic E-state index is 0. The Hall–Kier alpha value is 0.224. The maximum absolute atomic E-state index is 12.7. The average molecular weight is 383 g/mol. The van der Waals surface area contributed by atoms with E-state index in [1.807, 2.05) is 6.07 Å². The largest absolute Gasteiger partial charge is 0.322 e. The van der Waals surface area contributed by atoms with Crippen molar-refractivity contribution in [3.63, 3.8) is 0 Å². The van der Waals surface area contributed by atoms with Crippen molar-refractivity contribution in [3.05, 3.63) is 29.3 Å². The Balaban J connectivity index is 0.00000400. The molecule has 0 aliphatic carbocycles. The summed E-state index contributed by atoms with van der Waals surface area (Å²) in [6, 6.07) is 6.14. The SMILES string of the molecule is CCCC(C(=O)Nc1c(C)cccc1C)[P+](C)(C)CC.[Y]. The molecule has 0 aliphatic heterocycles. The van der Waals surface area contributed by atoms with Gasteiger partial charge < -0.3 is 5.32 Å². The zero-order valence-electron chi connectivity index (χ0n) is 14.4. The Morgan fingerprint density at radius 1 is 1.19 bits per heavy atom. The van der Waals surface area contributed by atoms with Gasteiger partial charge in [0, 0.05) is 59.0 Å². The van der Waals surface area contributed by atoms with E-state index in [1.54, 1.807) is 0 Å². The third-order valence-electron chi connectivity index (χ3n) is 4.25. The molecule has 1 rings (SSSR count). The number of hydrogen-bond donors (Lipinski definition) is 1. The van der Waals surface area contributed by atoms with Crippen molar-refractivity contribution in [1.29, 1.82) is 0 Å². The topological polar surface area (TPSA) is 29.1 Å². The summed E-state index contributed by atoms with van der Waals surface area (Å²) in [6.45, 7) is 13.1. The molecule has 1 amide bonds. The predicted octanol–water partition coefficient (Wildman–Crippen LogP) is 4.71. The number of para-hydroxylation sites is 1. The second-order valence-corrected chi connectivity index (χ2v) is 11.0. The molecule has 0 spiro atoms. The normalized spacial score (nSPS) is 12.5. The van der Waals surface area contributed by atoms with Crippen LogP contribution in [0.1, 0.15) is 37.8 Å². The van der Waals surface area contributed by atoms with Crippen molar-refractivity contribution in [2.75, 3.05) is 24.8 Å². The molecule has 2 nitrogen and oxygen atoms in total. The van der Waals surface area contributed by atoms with Gasteiger partial charge in [-0.3, -0.25) is 4.79 Å². The fraction of sp³-hybridized carbons (Fsp3) is 0.588. The summed E-state index contributed by atoms with van der Waals surface area (Å²) >= 11 is 0. The molecule has 1 N–H and O–H groups in total. The first-order valence-electron chi connectivity index (χ1n) is 7.53. The molecular formula is C17H29NOPY+. The van der Waals surface area contributed by atoms with Gasteiger partial charge in [-0.05, 0) is 38.3 Å². The molecular weight excluding hydrogens is 354 g/mol. The number of carbonyl (C=O) groups is 1. The number of carbonyl (C=O) groups excluding carboxylic acids is 1. The third-order valence-corrected chi connectivity index (χ3v) is 8.06. The number of amides is 1. The van der Waals surface area contributed by atoms with Crippen LogP contribution in [0.25, 0.3) is 0 Å². The number of aryl methyl sites for hydroxylation is 2. The third kappa shape index (κ3) is 5.73. The van der Waals surface area contributed by atoms with Crippen LogP contribution in [0.15, 0.2) is 18.2 Å². The summed E-state index contributed by atoms with van der Waals surface area (Å²) in [6.07, 6.45) is 3.18. The molecule has 1 radical (unpaired) electrons. The minimum Gasteiger partial charge on any atom is -0.322 e. The number of hydrogen-bond acceptors (Lipinski definition) is 1. The summed E-state index contributed by atoms with van der Waals surface area (Å²) in [4.78, 5) is 12.7. The monoisotopic (exact) mass is 383 g/mol. The van der Waals surface area contributed by atoms with Crippen LogP contribution in [0.2, 0.25) is 0 Å². The quantitative estimate of drug-likeness (QED) is 0.709. The molecule has 4 heteroatoms. The Morgan fingerprint density at radius 3 is 2.14 bits per heavy atom. The minimum atomic E-state index is -1.19. The van der Waals surface area contributed by atoms with Crippen molar-refractivity contribution in [2.24, 2.45) is 0 Å². The van der Waals surface area contributed by atoms with Gasteiger partial charge in [-0.15, -0.1) is 0 Å². The first kappa shape index (κ1) is 21.2. The molecule has 115 valence electrons. The van der Waals surface area contributed by atoms with Gasteiger partial charge in [0.15, 0.2) is 0 Å². The number of benzene rings is 1. The van der Waals surface area contributed by atoms with E-state index in [9.17, 15) is 4.79 Å². The van der Waals surface area contributed by atoms with Crippen molar-refractivity contribution < 1.29 is 37.5 Å². The Bertz CT molecular complexity index is 454. The smallest absolute Gasteiger partial charge is 0.265 e. The maximum Gasteiger partial charge on any atom is 0.265 e. The number of rotatable bonds is 6. The summed E-state index contributed by atoms with van der Waals surface area (Å²) < 4.78 is 0. The van der Waals surface area contributed by atoms with Gasteiger partial charge in [0.25, 0.3) is 5.91 Å². The zero-order chi connectivity index (χ0) is 15.3. The molecule has 21 heavy (non-hydrogen) atoms. The van der Waals surface area contributed by atoms with Crippen LogP contribution < -0.4 is 5.32 Å². The molecule has 0 aromatic heterocycles. The molecule has 1 aromatic carbocycles. The van der Waals surface area contributed by atoms with Gasteiger partial charge in [0.05, 0.1) is 6.16 Å². The van der Waals surface area contributed by atoms with Crippen molar-refractivity contribution in [2.45, 2.75) is 46.2 Å². The van der Waals surface area contributed by atoms with E-state index in [2.05, 4.69) is 58.5 Å². The molecule has 0 heterocycles. The van der Waals surface area contributed by atoms with Crippen LogP contribution >= 0.6 is 7.26 Å². The maximum atomic E-state index is 12.7. The molecule has 0 saturated carbocycles. The van der Waals surface area contributed by atoms with Gasteiger partial charge in [0.1, 0.15) is 5.66 Å². The second kappa shape index (κ2) is 9.38. The van der Waals surface area contributed by atoms with Crippen LogP contribution in [0.5, 0.6) is 0 Å². The molecule has 1 unspecified atom stereocenters. The van der Waals surface area contributed by atoms with Crippen LogP contribution in [0, 0.1) is 13.8 Å². The average Bonchev–Trinajstić information content (AvgIpc) is 2.40. The van der Waals surface area contributed by atoms with Gasteiger partial charge >= 0.3 is 0 Å². The van der Waals surface area contributed by atoms with Crippen LogP contribution in [0.4, 0.5) is 5.69 Å². The summed E-state index contributed by atoms with van der Waals surface area (Å²) in [7, 11) is -1.19. The second-order valence-electron chi connectivity index (χ2n) is 6.16. The van der Waals surface area contributed by atoms with Gasteiger partial charge in [-0.25, -0.2) is 0 Å². The first-order chi connectivity index (χ1) is 9.33. The van der Waals surface area contributed by atoms with Gasteiger partial charge in [-0.2, -0.15) is 0 Å². The summed E-state index contributed by atoms with van der Waals surface area (Å²) in [5.41, 5.74) is 3.45. The van der Waals surface area contributed by atoms with Gasteiger partial charge in [0.2, 0.25) is 0 Å². The van der Waals surface area contributed by atoms with Crippen LogP contribution in [-0.4, -0.2) is 31.1 Å². The fourth-order valence-corrected chi connectivity index (χ4v) is 4.61. The molecule has 0 saturated heterocycles. The van der Waals surface area contributed by atoms with E-state index < -0.39 is 7.26 Å². The summed E-state index contributed by atoms with van der Waals surface area (Å²) in [5, 5.41) is 3.19. The fourth-order valence-electron chi connectivity index (χ4n) is 2.51. The van der Waals surface area contributed by atoms with E-state index in [0.29, 0.717) is 0 Å². The van der Waals surface area contributed by atoms with E-state index in [-0.39, 0.29) is 44.3 Å². The van der Waals surface area contributed by atoms with E-state index in [4.69, 9.17) is 0 Å². The van der Waals surface area contributed by atoms with Crippen LogP contribution in [0.3, 0.4) is 0 Å². The molecule has 1 atom stereocenters. The van der Waals surface area contributed by atoms with E-state index in [1.165, 1.54) is 0 Å². The van der Waals surface area contributed by atoms with Gasteiger partial charge in [-0.1, -0.05) is 31.5 Å². The van der Waals surface area contributed by atoms with Crippen LogP contribution in [-0.2, 0) is 37.5 Å². The van der Waals surface area contributed by atoms with E-state index in [0.717, 1.165) is 35.8 Å². The summed E-state index contributed by atoms with van der Waals surface area (Å²) in [5.74, 6) is 0.212. The zero-order valence-corrected chi connectivity index (χ0v) is 18.1. The van der Waals surface area contributed by atoms with E-state index >= 15 is 0 Å². The first-order valence-corrected chi connectivity index (χ1v) is 10.5. The Labute approximate surface area is 156 Å².